The molecule has 0 fully saturated rings. The molecule has 1 aromatic rings. The molecule has 0 aliphatic carbocycles. The lowest BCUT2D eigenvalue weighted by Gasteiger charge is -2.34. The molecule has 4 heteroatoms. The number of hydrogen-bond acceptors (Lipinski definition) is 1. The van der Waals surface area contributed by atoms with E-state index in [-0.39, 0.29) is 0 Å². The second-order valence-electron chi connectivity index (χ2n) is 3.08. The zero-order valence-corrected chi connectivity index (χ0v) is 9.94. The molecule has 0 saturated heterocycles. The second-order valence-corrected chi connectivity index (χ2v) is 5.36. The number of halogens is 3. The Hall–Kier alpha value is 0.0500. The topological polar surface area (TPSA) is 20.2 Å². The first kappa shape index (κ1) is 12.1. The lowest BCUT2D eigenvalue weighted by atomic mass is 9.93. The maximum Gasteiger partial charge on any atom is 0.222 e. The summed E-state index contributed by atoms with van der Waals surface area (Å²) in [5.74, 6) is 0. The number of alkyl halides is 3. The van der Waals surface area contributed by atoms with Crippen LogP contribution in [0, 0.1) is 0 Å². The van der Waals surface area contributed by atoms with E-state index in [1.807, 2.05) is 6.07 Å². The van der Waals surface area contributed by atoms with Crippen molar-refractivity contribution in [3.05, 3.63) is 35.9 Å². The van der Waals surface area contributed by atoms with Gasteiger partial charge in [-0.25, -0.2) is 0 Å². The van der Waals surface area contributed by atoms with Crippen LogP contribution in [0.15, 0.2) is 30.3 Å². The maximum absolute atomic E-state index is 10.2. The van der Waals surface area contributed by atoms with Crippen molar-refractivity contribution >= 4 is 34.8 Å². The molecule has 0 aromatic heterocycles. The number of aliphatic hydroxyl groups is 1. The first-order valence-electron chi connectivity index (χ1n) is 4.26. The van der Waals surface area contributed by atoms with Gasteiger partial charge in [-0.1, -0.05) is 72.1 Å². The highest BCUT2D eigenvalue weighted by atomic mass is 35.6. The Kier molecular flexibility index (Phi) is 3.70. The maximum atomic E-state index is 10.2. The second kappa shape index (κ2) is 4.28. The zero-order valence-electron chi connectivity index (χ0n) is 7.67. The average molecular weight is 254 g/mol. The standard InChI is InChI=1S/C10H11Cl3O/c1-2-9(14,10(11,12)13)8-6-4-3-5-7-8/h3-7,14H,2H2,1H3. The van der Waals surface area contributed by atoms with Crippen molar-refractivity contribution in [2.45, 2.75) is 22.7 Å². The van der Waals surface area contributed by atoms with E-state index < -0.39 is 9.39 Å². The molecule has 1 atom stereocenters. The van der Waals surface area contributed by atoms with E-state index in [1.165, 1.54) is 0 Å². The van der Waals surface area contributed by atoms with Crippen molar-refractivity contribution < 1.29 is 5.11 Å². The van der Waals surface area contributed by atoms with Crippen molar-refractivity contribution in [2.75, 3.05) is 0 Å². The highest BCUT2D eigenvalue weighted by Crippen LogP contribution is 2.46. The van der Waals surface area contributed by atoms with Crippen LogP contribution in [-0.4, -0.2) is 8.90 Å². The third-order valence-corrected chi connectivity index (χ3v) is 3.17. The Labute approximate surface area is 98.6 Å². The minimum absolute atomic E-state index is 0.341. The molecule has 0 radical (unpaired) electrons. The predicted octanol–water partition coefficient (Wildman–Crippen LogP) is 3.65. The Balaban J connectivity index is 3.15. The Morgan fingerprint density at radius 2 is 1.64 bits per heavy atom. The largest absolute Gasteiger partial charge is 0.381 e. The van der Waals surface area contributed by atoms with E-state index in [0.29, 0.717) is 12.0 Å². The van der Waals surface area contributed by atoms with E-state index >= 15 is 0 Å². The minimum atomic E-state index is -1.72. The van der Waals surface area contributed by atoms with Gasteiger partial charge >= 0.3 is 0 Å². The first-order valence-corrected chi connectivity index (χ1v) is 5.40. The van der Waals surface area contributed by atoms with E-state index in [2.05, 4.69) is 0 Å². The van der Waals surface area contributed by atoms with Crippen LogP contribution < -0.4 is 0 Å². The SMILES string of the molecule is CCC(O)(c1ccccc1)C(Cl)(Cl)Cl. The predicted molar refractivity (Wildman–Crippen MR) is 60.9 cm³/mol. The fourth-order valence-electron chi connectivity index (χ4n) is 1.28. The first-order chi connectivity index (χ1) is 6.42. The molecular weight excluding hydrogens is 242 g/mol. The highest BCUT2D eigenvalue weighted by Gasteiger charge is 2.46. The summed E-state index contributed by atoms with van der Waals surface area (Å²) in [4.78, 5) is 0. The highest BCUT2D eigenvalue weighted by molar-refractivity contribution is 6.68. The molecule has 0 spiro atoms. The van der Waals surface area contributed by atoms with Gasteiger partial charge in [-0.3, -0.25) is 0 Å². The van der Waals surface area contributed by atoms with Gasteiger partial charge in [0.1, 0.15) is 5.60 Å². The number of benzene rings is 1. The van der Waals surface area contributed by atoms with Crippen molar-refractivity contribution in [1.82, 2.24) is 0 Å². The van der Waals surface area contributed by atoms with Crippen LogP contribution in [0.5, 0.6) is 0 Å². The van der Waals surface area contributed by atoms with Gasteiger partial charge in [0, 0.05) is 0 Å². The molecule has 0 aliphatic heterocycles. The minimum Gasteiger partial charge on any atom is -0.381 e. The molecule has 1 rings (SSSR count). The van der Waals surface area contributed by atoms with E-state index in [9.17, 15) is 5.11 Å². The van der Waals surface area contributed by atoms with Gasteiger partial charge in [-0.05, 0) is 12.0 Å². The summed E-state index contributed by atoms with van der Waals surface area (Å²) >= 11 is 17.3. The normalized spacial score (nSPS) is 16.4. The van der Waals surface area contributed by atoms with Crippen LogP contribution >= 0.6 is 34.8 Å². The lowest BCUT2D eigenvalue weighted by molar-refractivity contribution is 0.0364. The summed E-state index contributed by atoms with van der Waals surface area (Å²) < 4.78 is -1.72. The van der Waals surface area contributed by atoms with Crippen LogP contribution in [0.25, 0.3) is 0 Å². The Morgan fingerprint density at radius 1 is 1.14 bits per heavy atom. The molecule has 1 nitrogen and oxygen atoms in total. The lowest BCUT2D eigenvalue weighted by Crippen LogP contribution is -2.39. The van der Waals surface area contributed by atoms with Gasteiger partial charge < -0.3 is 5.11 Å². The summed E-state index contributed by atoms with van der Waals surface area (Å²) in [6, 6.07) is 8.92. The van der Waals surface area contributed by atoms with Crippen molar-refractivity contribution in [3.8, 4) is 0 Å². The average Bonchev–Trinajstić information content (AvgIpc) is 2.16. The number of rotatable bonds is 2. The smallest absolute Gasteiger partial charge is 0.222 e. The van der Waals surface area contributed by atoms with Gasteiger partial charge in [-0.2, -0.15) is 0 Å². The van der Waals surface area contributed by atoms with E-state index in [4.69, 9.17) is 34.8 Å². The molecule has 0 amide bonds. The summed E-state index contributed by atoms with van der Waals surface area (Å²) in [6.07, 6.45) is 0.341. The van der Waals surface area contributed by atoms with Gasteiger partial charge in [0.25, 0.3) is 0 Å². The third kappa shape index (κ3) is 2.17. The van der Waals surface area contributed by atoms with Gasteiger partial charge in [0.05, 0.1) is 0 Å². The van der Waals surface area contributed by atoms with Crippen LogP contribution in [-0.2, 0) is 5.60 Å². The van der Waals surface area contributed by atoms with Crippen molar-refractivity contribution in [3.63, 3.8) is 0 Å². The summed E-state index contributed by atoms with van der Waals surface area (Å²) in [5, 5.41) is 10.2. The number of hydrogen-bond donors (Lipinski definition) is 1. The van der Waals surface area contributed by atoms with Crippen LogP contribution in [0.1, 0.15) is 18.9 Å². The van der Waals surface area contributed by atoms with E-state index in [0.717, 1.165) is 0 Å². The molecule has 0 bridgehead atoms. The molecule has 78 valence electrons. The molecular formula is C10H11Cl3O. The molecule has 14 heavy (non-hydrogen) atoms. The summed E-state index contributed by atoms with van der Waals surface area (Å²) in [5.41, 5.74) is -0.818. The van der Waals surface area contributed by atoms with E-state index in [1.54, 1.807) is 31.2 Å². The fourth-order valence-corrected chi connectivity index (χ4v) is 2.01. The molecule has 1 aromatic carbocycles. The zero-order chi connectivity index (χ0) is 10.8. The molecule has 0 aliphatic rings. The van der Waals surface area contributed by atoms with Gasteiger partial charge in [-0.15, -0.1) is 0 Å². The van der Waals surface area contributed by atoms with Gasteiger partial charge in [0.2, 0.25) is 3.79 Å². The molecule has 0 heterocycles. The fraction of sp³-hybridized carbons (Fsp3) is 0.400. The van der Waals surface area contributed by atoms with Crippen LogP contribution in [0.2, 0.25) is 0 Å². The van der Waals surface area contributed by atoms with Crippen LogP contribution in [0.4, 0.5) is 0 Å². The third-order valence-electron chi connectivity index (χ3n) is 2.23. The molecule has 1 N–H and O–H groups in total. The summed E-state index contributed by atoms with van der Waals surface area (Å²) in [6.45, 7) is 1.77. The van der Waals surface area contributed by atoms with Crippen molar-refractivity contribution in [2.24, 2.45) is 0 Å². The van der Waals surface area contributed by atoms with Gasteiger partial charge in [0.15, 0.2) is 0 Å². The molecule has 0 saturated carbocycles. The quantitative estimate of drug-likeness (QED) is 0.798. The molecule has 1 unspecified atom stereocenters. The van der Waals surface area contributed by atoms with Crippen molar-refractivity contribution in [1.29, 1.82) is 0 Å². The Morgan fingerprint density at radius 3 is 2.00 bits per heavy atom. The monoisotopic (exact) mass is 252 g/mol. The van der Waals surface area contributed by atoms with Crippen LogP contribution in [0.3, 0.4) is 0 Å². The Bertz CT molecular complexity index is 294. The summed E-state index contributed by atoms with van der Waals surface area (Å²) in [7, 11) is 0.